The second-order valence-electron chi connectivity index (χ2n) is 6.63. The van der Waals surface area contributed by atoms with Crippen molar-refractivity contribution in [1.29, 1.82) is 0 Å². The third kappa shape index (κ3) is 4.20. The summed E-state index contributed by atoms with van der Waals surface area (Å²) < 4.78 is 0. The second kappa shape index (κ2) is 8.65. The number of aromatic nitrogens is 1. The molecule has 0 fully saturated rings. The molecule has 0 unspecified atom stereocenters. The number of hydrogen-bond acceptors (Lipinski definition) is 4. The Kier molecular flexibility index (Phi) is 5.79. The number of carbonyl (C=O) groups is 2. The first-order valence-corrected chi connectivity index (χ1v) is 9.90. The average molecular weight is 439 g/mol. The van der Waals surface area contributed by atoms with E-state index in [1.165, 1.54) is 5.01 Å². The second-order valence-corrected chi connectivity index (χ2v) is 7.44. The van der Waals surface area contributed by atoms with Crippen LogP contribution in [0.25, 0.3) is 0 Å². The fourth-order valence-corrected chi connectivity index (χ4v) is 3.70. The lowest BCUT2D eigenvalue weighted by Crippen LogP contribution is -2.41. The zero-order chi connectivity index (χ0) is 21.1. The number of halogens is 2. The summed E-state index contributed by atoms with van der Waals surface area (Å²) in [6, 6.07) is 13.7. The minimum Gasteiger partial charge on any atom is -0.331 e. The Hall–Kier alpha value is -3.22. The first-order chi connectivity index (χ1) is 14.5. The molecule has 2 aromatic carbocycles. The van der Waals surface area contributed by atoms with Gasteiger partial charge >= 0.3 is 6.03 Å². The van der Waals surface area contributed by atoms with Crippen molar-refractivity contribution in [3.05, 3.63) is 93.2 Å². The van der Waals surface area contributed by atoms with Gasteiger partial charge in [-0.05, 0) is 35.4 Å². The van der Waals surface area contributed by atoms with Crippen molar-refractivity contribution in [1.82, 2.24) is 10.3 Å². The van der Waals surface area contributed by atoms with Crippen LogP contribution in [0.3, 0.4) is 0 Å². The topological polar surface area (TPSA) is 74.7 Å². The fourth-order valence-electron chi connectivity index (χ4n) is 3.09. The van der Waals surface area contributed by atoms with Gasteiger partial charge in [0.2, 0.25) is 0 Å². The van der Waals surface area contributed by atoms with E-state index in [-0.39, 0.29) is 11.8 Å². The van der Waals surface area contributed by atoms with Crippen LogP contribution in [0.4, 0.5) is 10.5 Å². The maximum absolute atomic E-state index is 12.5. The van der Waals surface area contributed by atoms with E-state index >= 15 is 0 Å². The normalized spacial score (nSPS) is 13.3. The lowest BCUT2D eigenvalue weighted by atomic mass is 10.00. The van der Waals surface area contributed by atoms with E-state index in [0.717, 1.165) is 11.1 Å². The number of amides is 2. The predicted octanol–water partition coefficient (Wildman–Crippen LogP) is 4.73. The minimum absolute atomic E-state index is 0.0876. The van der Waals surface area contributed by atoms with Gasteiger partial charge in [0.25, 0.3) is 0 Å². The number of anilines is 1. The largest absolute Gasteiger partial charge is 0.342 e. The van der Waals surface area contributed by atoms with Crippen molar-refractivity contribution in [3.8, 4) is 0 Å². The Morgan fingerprint density at radius 2 is 1.80 bits per heavy atom. The summed E-state index contributed by atoms with van der Waals surface area (Å²) in [5.74, 6) is -0.0876. The molecule has 3 aromatic rings. The molecule has 0 saturated carbocycles. The highest BCUT2D eigenvalue weighted by atomic mass is 35.5. The highest BCUT2D eigenvalue weighted by molar-refractivity contribution is 6.36. The summed E-state index contributed by atoms with van der Waals surface area (Å²) in [5.41, 5.74) is 3.28. The molecule has 8 heteroatoms. The van der Waals surface area contributed by atoms with Gasteiger partial charge in [0.15, 0.2) is 5.78 Å². The van der Waals surface area contributed by atoms with Crippen molar-refractivity contribution in [2.24, 2.45) is 5.10 Å². The smallest absolute Gasteiger partial charge is 0.331 e. The van der Waals surface area contributed by atoms with E-state index in [1.807, 2.05) is 12.1 Å². The SMILES string of the molecule is O=C(c1ccc(Cc2c(Cl)cc(N3N=CCNC3=O)cc2Cl)cc1)c1cccnc1. The summed E-state index contributed by atoms with van der Waals surface area (Å²) in [5, 5.41) is 8.82. The Bertz CT molecular complexity index is 1110. The van der Waals surface area contributed by atoms with E-state index in [9.17, 15) is 9.59 Å². The molecule has 2 amide bonds. The first kappa shape index (κ1) is 20.1. The molecule has 30 heavy (non-hydrogen) atoms. The number of rotatable bonds is 5. The van der Waals surface area contributed by atoms with Crippen LogP contribution in [0.15, 0.2) is 66.0 Å². The molecule has 1 N–H and O–H groups in total. The van der Waals surface area contributed by atoms with E-state index < -0.39 is 0 Å². The quantitative estimate of drug-likeness (QED) is 0.585. The molecule has 2 heterocycles. The van der Waals surface area contributed by atoms with Gasteiger partial charge in [-0.2, -0.15) is 10.1 Å². The van der Waals surface area contributed by atoms with Gasteiger partial charge in [0, 0.05) is 46.2 Å². The fraction of sp³-hybridized carbons (Fsp3) is 0.0909. The number of benzene rings is 2. The van der Waals surface area contributed by atoms with Crippen LogP contribution in [-0.2, 0) is 6.42 Å². The number of urea groups is 1. The van der Waals surface area contributed by atoms with Crippen molar-refractivity contribution < 1.29 is 9.59 Å². The van der Waals surface area contributed by atoms with Crippen LogP contribution in [0.5, 0.6) is 0 Å². The highest BCUT2D eigenvalue weighted by Crippen LogP contribution is 2.33. The van der Waals surface area contributed by atoms with Crippen LogP contribution in [0.2, 0.25) is 10.0 Å². The Balaban J connectivity index is 1.54. The molecule has 0 bridgehead atoms. The lowest BCUT2D eigenvalue weighted by molar-refractivity contribution is 0.103. The van der Waals surface area contributed by atoms with Gasteiger partial charge in [0.1, 0.15) is 0 Å². The molecular weight excluding hydrogens is 423 g/mol. The van der Waals surface area contributed by atoms with Crippen LogP contribution < -0.4 is 10.3 Å². The molecule has 0 saturated heterocycles. The van der Waals surface area contributed by atoms with Crippen LogP contribution in [0.1, 0.15) is 27.0 Å². The zero-order valence-corrected chi connectivity index (χ0v) is 17.2. The van der Waals surface area contributed by atoms with Gasteiger partial charge < -0.3 is 5.32 Å². The maximum Gasteiger partial charge on any atom is 0.342 e. The van der Waals surface area contributed by atoms with Gasteiger partial charge in [0.05, 0.1) is 12.2 Å². The highest BCUT2D eigenvalue weighted by Gasteiger charge is 2.20. The van der Waals surface area contributed by atoms with E-state index in [4.69, 9.17) is 23.2 Å². The maximum atomic E-state index is 12.5. The van der Waals surface area contributed by atoms with E-state index in [0.29, 0.717) is 39.8 Å². The first-order valence-electron chi connectivity index (χ1n) is 9.15. The van der Waals surface area contributed by atoms with Gasteiger partial charge in [-0.25, -0.2) is 4.79 Å². The Morgan fingerprint density at radius 3 is 2.43 bits per heavy atom. The third-order valence-corrected chi connectivity index (χ3v) is 5.30. The summed E-state index contributed by atoms with van der Waals surface area (Å²) in [6.07, 6.45) is 5.24. The van der Waals surface area contributed by atoms with Gasteiger partial charge in [-0.3, -0.25) is 9.78 Å². The Labute approximate surface area is 183 Å². The van der Waals surface area contributed by atoms with E-state index in [2.05, 4.69) is 15.4 Å². The monoisotopic (exact) mass is 438 g/mol. The summed E-state index contributed by atoms with van der Waals surface area (Å²) in [7, 11) is 0. The standard InChI is InChI=1S/C22H16Cl2N4O2/c23-19-11-17(28-22(30)26-8-9-27-28)12-20(24)18(19)10-14-3-5-15(6-4-14)21(29)16-2-1-7-25-13-16/h1-7,9,11-13H,8,10H2,(H,26,30). The van der Waals surface area contributed by atoms with Gasteiger partial charge in [-0.15, -0.1) is 0 Å². The molecule has 1 aliphatic rings. The van der Waals surface area contributed by atoms with Gasteiger partial charge in [-0.1, -0.05) is 47.5 Å². The number of nitrogens with zero attached hydrogens (tertiary/aromatic N) is 3. The number of carbonyl (C=O) groups excluding carboxylic acids is 2. The van der Waals surface area contributed by atoms with Crippen LogP contribution in [-0.4, -0.2) is 29.6 Å². The molecule has 0 spiro atoms. The molecule has 1 aromatic heterocycles. The number of pyridine rings is 1. The molecule has 0 radical (unpaired) electrons. The van der Waals surface area contributed by atoms with Crippen molar-refractivity contribution >= 4 is 46.9 Å². The number of ketones is 1. The third-order valence-electron chi connectivity index (χ3n) is 4.63. The van der Waals surface area contributed by atoms with Crippen molar-refractivity contribution in [3.63, 3.8) is 0 Å². The molecular formula is C22H16Cl2N4O2. The molecule has 1 aliphatic heterocycles. The lowest BCUT2D eigenvalue weighted by Gasteiger charge is -2.22. The van der Waals surface area contributed by atoms with Crippen molar-refractivity contribution in [2.75, 3.05) is 11.6 Å². The molecule has 4 rings (SSSR count). The average Bonchev–Trinajstić information content (AvgIpc) is 2.77. The molecule has 6 nitrogen and oxygen atoms in total. The zero-order valence-electron chi connectivity index (χ0n) is 15.7. The molecule has 0 aliphatic carbocycles. The predicted molar refractivity (Wildman–Crippen MR) is 118 cm³/mol. The summed E-state index contributed by atoms with van der Waals surface area (Å²) in [6.45, 7) is 0.383. The minimum atomic E-state index is -0.341. The van der Waals surface area contributed by atoms with Crippen LogP contribution in [0, 0.1) is 0 Å². The van der Waals surface area contributed by atoms with E-state index in [1.54, 1.807) is 55.0 Å². The molecule has 150 valence electrons. The summed E-state index contributed by atoms with van der Waals surface area (Å²) in [4.78, 5) is 28.5. The Morgan fingerprint density at radius 1 is 1.07 bits per heavy atom. The number of hydrazone groups is 1. The number of hydrogen-bond donors (Lipinski definition) is 1. The summed E-state index contributed by atoms with van der Waals surface area (Å²) >= 11 is 12.9. The number of nitrogens with one attached hydrogen (secondary N) is 1. The molecule has 0 atom stereocenters. The van der Waals surface area contributed by atoms with Crippen LogP contribution >= 0.6 is 23.2 Å². The van der Waals surface area contributed by atoms with Crippen molar-refractivity contribution in [2.45, 2.75) is 6.42 Å².